The summed E-state index contributed by atoms with van der Waals surface area (Å²) < 4.78 is 34.3. The molecule has 0 aliphatic rings. The third kappa shape index (κ3) is 6.43. The number of hydrogen-bond acceptors (Lipinski definition) is 5. The molecule has 0 aromatic carbocycles. The van der Waals surface area contributed by atoms with E-state index in [-0.39, 0.29) is 17.9 Å². The molecule has 8 heteroatoms. The molecule has 0 aliphatic carbocycles. The standard InChI is InChI=1S/C19H19F2N5O/c1-4-15(20)9-17(21)14(2)18-10-22-13-24-16(11-26(3)25-18)12-27-19-7-5-6-8-23-19/h4-11,13H,2,12H2,1,3H3/b15-4+,16-11?,17-9+,22-10?,24-13?,25-18?. The third-order valence-electron chi connectivity index (χ3n) is 3.23. The SMILES string of the molecule is C=C(/C(F)=C\C(F)=C/C)c1cncnc(COc2ccccn2)cn(C)n1. The Hall–Kier alpha value is -3.42. The Morgan fingerprint density at radius 2 is 2.11 bits per heavy atom. The fraction of sp³-hybridized carbons (Fsp3) is 0.158. The number of aryl methyl sites for hydroxylation is 1. The third-order valence-corrected chi connectivity index (χ3v) is 3.23. The van der Waals surface area contributed by atoms with E-state index in [0.717, 1.165) is 12.2 Å². The lowest BCUT2D eigenvalue weighted by Crippen LogP contribution is -2.02. The number of pyridine rings is 1. The van der Waals surface area contributed by atoms with Gasteiger partial charge in [-0.25, -0.2) is 23.7 Å². The van der Waals surface area contributed by atoms with Crippen LogP contribution in [0.4, 0.5) is 8.78 Å². The van der Waals surface area contributed by atoms with Crippen molar-refractivity contribution in [2.24, 2.45) is 7.05 Å². The molecule has 0 aliphatic heterocycles. The van der Waals surface area contributed by atoms with Gasteiger partial charge in [0.25, 0.3) is 0 Å². The zero-order chi connectivity index (χ0) is 19.6. The van der Waals surface area contributed by atoms with Crippen molar-refractivity contribution >= 4 is 5.57 Å². The second-order valence-electron chi connectivity index (χ2n) is 5.30. The van der Waals surface area contributed by atoms with E-state index in [1.165, 1.54) is 24.1 Å². The van der Waals surface area contributed by atoms with E-state index in [4.69, 9.17) is 4.74 Å². The summed E-state index contributed by atoms with van der Waals surface area (Å²) in [5.41, 5.74) is 0.550. The zero-order valence-electron chi connectivity index (χ0n) is 15.0. The van der Waals surface area contributed by atoms with E-state index in [1.54, 1.807) is 37.6 Å². The van der Waals surface area contributed by atoms with Gasteiger partial charge in [0.2, 0.25) is 5.88 Å². The first kappa shape index (κ1) is 19.9. The van der Waals surface area contributed by atoms with Crippen molar-refractivity contribution < 1.29 is 13.5 Å². The van der Waals surface area contributed by atoms with Crippen LogP contribution in [-0.4, -0.2) is 24.7 Å². The Labute approximate surface area is 155 Å². The summed E-state index contributed by atoms with van der Waals surface area (Å²) in [5.74, 6) is -1.10. The van der Waals surface area contributed by atoms with Crippen molar-refractivity contribution in [3.05, 3.63) is 84.9 Å². The van der Waals surface area contributed by atoms with Crippen LogP contribution in [0.15, 0.2) is 73.5 Å². The molecule has 0 radical (unpaired) electrons. The first-order valence-electron chi connectivity index (χ1n) is 8.00. The normalized spacial score (nSPS) is 11.7. The molecule has 0 saturated carbocycles. The quantitative estimate of drug-likeness (QED) is 0.717. The van der Waals surface area contributed by atoms with Gasteiger partial charge in [-0.15, -0.1) is 0 Å². The van der Waals surface area contributed by atoms with Gasteiger partial charge in [-0.1, -0.05) is 18.7 Å². The predicted molar refractivity (Wildman–Crippen MR) is 98.1 cm³/mol. The minimum atomic E-state index is -0.844. The highest BCUT2D eigenvalue weighted by Crippen LogP contribution is 2.21. The first-order valence-corrected chi connectivity index (χ1v) is 8.00. The van der Waals surface area contributed by atoms with Crippen molar-refractivity contribution in [1.82, 2.24) is 24.7 Å². The van der Waals surface area contributed by atoms with Gasteiger partial charge >= 0.3 is 0 Å². The minimum absolute atomic E-state index is 0.0995. The maximum absolute atomic E-state index is 14.1. The van der Waals surface area contributed by atoms with Gasteiger partial charge in [0.1, 0.15) is 30.3 Å². The maximum Gasteiger partial charge on any atom is 0.213 e. The maximum atomic E-state index is 14.1. The highest BCUT2D eigenvalue weighted by atomic mass is 19.1. The largest absolute Gasteiger partial charge is 0.471 e. The molecule has 0 unspecified atom stereocenters. The Kier molecular flexibility index (Phi) is 7.30. The first-order chi connectivity index (χ1) is 13.0. The van der Waals surface area contributed by atoms with Gasteiger partial charge in [0, 0.05) is 37.2 Å². The summed E-state index contributed by atoms with van der Waals surface area (Å²) in [6.45, 7) is 5.22. The lowest BCUT2D eigenvalue weighted by atomic mass is 10.2. The molecular formula is C19H19F2N5O. The van der Waals surface area contributed by atoms with Crippen LogP contribution in [0.2, 0.25) is 0 Å². The molecule has 0 fully saturated rings. The van der Waals surface area contributed by atoms with Crippen LogP contribution in [0, 0.1) is 0 Å². The zero-order valence-corrected chi connectivity index (χ0v) is 15.0. The average molecular weight is 371 g/mol. The molecule has 0 N–H and O–H groups in total. The summed E-state index contributed by atoms with van der Waals surface area (Å²) in [6, 6.07) is 5.31. The van der Waals surface area contributed by atoms with Gasteiger partial charge in [0.05, 0.1) is 11.9 Å². The second kappa shape index (κ2) is 9.91. The molecule has 0 atom stereocenters. The van der Waals surface area contributed by atoms with Crippen LogP contribution >= 0.6 is 0 Å². The number of halogens is 2. The van der Waals surface area contributed by atoms with E-state index in [1.807, 2.05) is 0 Å². The van der Waals surface area contributed by atoms with Crippen LogP contribution in [0.1, 0.15) is 18.3 Å². The molecule has 0 amide bonds. The van der Waals surface area contributed by atoms with Crippen LogP contribution in [0.5, 0.6) is 5.88 Å². The highest BCUT2D eigenvalue weighted by molar-refractivity contribution is 5.72. The number of rotatable bonds is 6. The van der Waals surface area contributed by atoms with Crippen LogP contribution in [0.25, 0.3) is 5.57 Å². The Bertz CT molecular complexity index is 905. The fourth-order valence-electron chi connectivity index (χ4n) is 1.89. The molecule has 2 aromatic heterocycles. The van der Waals surface area contributed by atoms with Gasteiger partial charge in [0.15, 0.2) is 0 Å². The molecule has 2 aromatic rings. The Morgan fingerprint density at radius 1 is 1.30 bits per heavy atom. The van der Waals surface area contributed by atoms with Crippen molar-refractivity contribution in [1.29, 1.82) is 0 Å². The molecule has 2 rings (SSSR count). The van der Waals surface area contributed by atoms with Gasteiger partial charge in [-0.3, -0.25) is 4.68 Å². The number of ether oxygens (including phenoxy) is 1. The van der Waals surface area contributed by atoms with E-state index in [9.17, 15) is 8.78 Å². The van der Waals surface area contributed by atoms with Crippen LogP contribution in [0.3, 0.4) is 0 Å². The van der Waals surface area contributed by atoms with Crippen molar-refractivity contribution in [2.75, 3.05) is 0 Å². The second-order valence-corrected chi connectivity index (χ2v) is 5.30. The lowest BCUT2D eigenvalue weighted by molar-refractivity contribution is 0.288. The number of hydrogen-bond donors (Lipinski definition) is 0. The minimum Gasteiger partial charge on any atom is -0.471 e. The summed E-state index contributed by atoms with van der Waals surface area (Å²) >= 11 is 0. The van der Waals surface area contributed by atoms with Crippen molar-refractivity contribution in [2.45, 2.75) is 13.5 Å². The van der Waals surface area contributed by atoms with Gasteiger partial charge in [-0.2, -0.15) is 5.10 Å². The molecule has 0 bridgehead atoms. The molecule has 2 heterocycles. The molecule has 27 heavy (non-hydrogen) atoms. The molecule has 6 nitrogen and oxygen atoms in total. The lowest BCUT2D eigenvalue weighted by Gasteiger charge is -2.04. The highest BCUT2D eigenvalue weighted by Gasteiger charge is 2.08. The van der Waals surface area contributed by atoms with Crippen molar-refractivity contribution in [3.63, 3.8) is 0 Å². The Balaban J connectivity index is 2.28. The van der Waals surface area contributed by atoms with Crippen LogP contribution < -0.4 is 4.74 Å². The number of nitrogens with zero attached hydrogens (tertiary/aromatic N) is 5. The average Bonchev–Trinajstić information content (AvgIpc) is 2.76. The molecule has 0 saturated heterocycles. The molecule has 140 valence electrons. The monoisotopic (exact) mass is 371 g/mol. The predicted octanol–water partition coefficient (Wildman–Crippen LogP) is 4.05. The summed E-state index contributed by atoms with van der Waals surface area (Å²) in [5, 5.41) is 4.21. The Morgan fingerprint density at radius 3 is 2.81 bits per heavy atom. The van der Waals surface area contributed by atoms with Crippen molar-refractivity contribution in [3.8, 4) is 5.88 Å². The summed E-state index contributed by atoms with van der Waals surface area (Å²) in [4.78, 5) is 12.2. The molecule has 0 spiro atoms. The molecular weight excluding hydrogens is 352 g/mol. The topological polar surface area (TPSA) is 65.7 Å². The number of aromatic nitrogens is 5. The van der Waals surface area contributed by atoms with E-state index < -0.39 is 11.7 Å². The number of allylic oxidation sites excluding steroid dienone is 5. The van der Waals surface area contributed by atoms with E-state index >= 15 is 0 Å². The van der Waals surface area contributed by atoms with Gasteiger partial charge < -0.3 is 4.74 Å². The summed E-state index contributed by atoms with van der Waals surface area (Å²) in [6.07, 6.45) is 7.66. The van der Waals surface area contributed by atoms with Gasteiger partial charge in [-0.05, 0) is 13.0 Å². The fourth-order valence-corrected chi connectivity index (χ4v) is 1.89. The van der Waals surface area contributed by atoms with Crippen LogP contribution in [-0.2, 0) is 13.7 Å². The van der Waals surface area contributed by atoms with E-state index in [0.29, 0.717) is 11.6 Å². The van der Waals surface area contributed by atoms with E-state index in [2.05, 4.69) is 26.6 Å². The summed E-state index contributed by atoms with van der Waals surface area (Å²) in [7, 11) is 1.64. The smallest absolute Gasteiger partial charge is 0.213 e.